The number of fused-ring (bicyclic) bond motifs is 1. The molecule has 3 atom stereocenters. The molecule has 20 heavy (non-hydrogen) atoms. The van der Waals surface area contributed by atoms with Crippen LogP contribution in [0.15, 0.2) is 18.2 Å². The minimum atomic E-state index is 0.187. The van der Waals surface area contributed by atoms with E-state index in [0.29, 0.717) is 11.8 Å². The fourth-order valence-corrected chi connectivity index (χ4v) is 3.56. The van der Waals surface area contributed by atoms with E-state index in [1.807, 2.05) is 0 Å². The highest BCUT2D eigenvalue weighted by Gasteiger charge is 2.27. The summed E-state index contributed by atoms with van der Waals surface area (Å²) in [4.78, 5) is 0. The molecule has 0 bridgehead atoms. The zero-order valence-corrected chi connectivity index (χ0v) is 11.8. The highest BCUT2D eigenvalue weighted by molar-refractivity contribution is 5.58. The Labute approximate surface area is 120 Å². The Morgan fingerprint density at radius 3 is 2.85 bits per heavy atom. The van der Waals surface area contributed by atoms with Gasteiger partial charge in [-0.1, -0.05) is 12.1 Å². The van der Waals surface area contributed by atoms with Crippen LogP contribution in [0.1, 0.15) is 29.9 Å². The number of aliphatic hydroxyl groups is 2. The van der Waals surface area contributed by atoms with Crippen molar-refractivity contribution in [2.75, 3.05) is 31.6 Å². The summed E-state index contributed by atoms with van der Waals surface area (Å²) < 4.78 is 0. The van der Waals surface area contributed by atoms with Gasteiger partial charge in [0.15, 0.2) is 0 Å². The molecule has 1 aromatic carbocycles. The predicted octanol–water partition coefficient (Wildman–Crippen LogP) is 1.09. The van der Waals surface area contributed by atoms with E-state index in [9.17, 15) is 10.2 Å². The van der Waals surface area contributed by atoms with Crippen LogP contribution in [-0.4, -0.2) is 42.6 Å². The molecule has 110 valence electrons. The maximum absolute atomic E-state index is 9.38. The normalized spacial score (nSPS) is 29.6. The molecule has 0 aliphatic carbocycles. The molecule has 0 saturated carbocycles. The summed E-state index contributed by atoms with van der Waals surface area (Å²) in [7, 11) is 0. The van der Waals surface area contributed by atoms with Crippen molar-refractivity contribution < 1.29 is 10.2 Å². The summed E-state index contributed by atoms with van der Waals surface area (Å²) in [5.41, 5.74) is 4.00. The number of rotatable bonds is 3. The first-order valence-corrected chi connectivity index (χ1v) is 7.62. The van der Waals surface area contributed by atoms with Crippen molar-refractivity contribution in [3.05, 3.63) is 29.3 Å². The number of piperidine rings is 1. The van der Waals surface area contributed by atoms with Gasteiger partial charge in [-0.3, -0.25) is 0 Å². The molecule has 4 N–H and O–H groups in total. The second-order valence-electron chi connectivity index (χ2n) is 6.08. The molecule has 0 radical (unpaired) electrons. The van der Waals surface area contributed by atoms with Crippen molar-refractivity contribution in [1.82, 2.24) is 5.32 Å². The standard InChI is InChI=1S/C16H24N2O2/c19-9-11-6-12(8-17-7-11)14-2-1-3-16-15(14)5-4-13(10-20)18-16/h1-3,11-13,17-20H,4-10H2/t11-,12+,13?/m0/s1. The molecule has 0 aromatic heterocycles. The zero-order chi connectivity index (χ0) is 13.9. The Morgan fingerprint density at radius 2 is 2.05 bits per heavy atom. The van der Waals surface area contributed by atoms with E-state index in [0.717, 1.165) is 32.4 Å². The smallest absolute Gasteiger partial charge is 0.0632 e. The number of hydrogen-bond acceptors (Lipinski definition) is 4. The molecule has 1 aromatic rings. The molecule has 1 fully saturated rings. The average Bonchev–Trinajstić information content (AvgIpc) is 2.53. The first kappa shape index (κ1) is 13.9. The molecule has 0 spiro atoms. The molecule has 4 nitrogen and oxygen atoms in total. The maximum atomic E-state index is 9.38. The van der Waals surface area contributed by atoms with Gasteiger partial charge in [0, 0.05) is 31.4 Å². The van der Waals surface area contributed by atoms with Crippen LogP contribution < -0.4 is 10.6 Å². The second kappa shape index (κ2) is 6.12. The Kier molecular flexibility index (Phi) is 4.24. The van der Waals surface area contributed by atoms with Crippen molar-refractivity contribution in [2.24, 2.45) is 5.92 Å². The summed E-state index contributed by atoms with van der Waals surface area (Å²) in [6.45, 7) is 2.38. The van der Waals surface area contributed by atoms with Gasteiger partial charge in [0.05, 0.1) is 6.61 Å². The van der Waals surface area contributed by atoms with E-state index in [2.05, 4.69) is 28.8 Å². The SMILES string of the molecule is OCC1CCc2c(cccc2[C@H]2CNC[C@@H](CO)C2)N1. The lowest BCUT2D eigenvalue weighted by Crippen LogP contribution is -2.37. The summed E-state index contributed by atoms with van der Waals surface area (Å²) in [6.07, 6.45) is 3.08. The first-order valence-electron chi connectivity index (χ1n) is 7.62. The van der Waals surface area contributed by atoms with Crippen molar-refractivity contribution in [1.29, 1.82) is 0 Å². The summed E-state index contributed by atoms with van der Waals surface area (Å²) in [5.74, 6) is 0.856. The maximum Gasteiger partial charge on any atom is 0.0632 e. The van der Waals surface area contributed by atoms with Gasteiger partial charge in [0.25, 0.3) is 0 Å². The minimum Gasteiger partial charge on any atom is -0.396 e. The van der Waals surface area contributed by atoms with Gasteiger partial charge >= 0.3 is 0 Å². The van der Waals surface area contributed by atoms with Crippen LogP contribution in [0.4, 0.5) is 5.69 Å². The number of anilines is 1. The molecule has 0 amide bonds. The third-order valence-corrected chi connectivity index (χ3v) is 4.67. The highest BCUT2D eigenvalue weighted by atomic mass is 16.3. The van der Waals surface area contributed by atoms with Crippen molar-refractivity contribution in [3.63, 3.8) is 0 Å². The van der Waals surface area contributed by atoms with Crippen LogP contribution in [-0.2, 0) is 6.42 Å². The van der Waals surface area contributed by atoms with E-state index in [-0.39, 0.29) is 19.3 Å². The number of aliphatic hydroxyl groups excluding tert-OH is 2. The molecular weight excluding hydrogens is 252 g/mol. The van der Waals surface area contributed by atoms with Crippen LogP contribution in [0.2, 0.25) is 0 Å². The molecule has 3 rings (SSSR count). The molecule has 1 saturated heterocycles. The third-order valence-electron chi connectivity index (χ3n) is 4.67. The highest BCUT2D eigenvalue weighted by Crippen LogP contribution is 2.35. The predicted molar refractivity (Wildman–Crippen MR) is 80.1 cm³/mol. The fourth-order valence-electron chi connectivity index (χ4n) is 3.56. The van der Waals surface area contributed by atoms with Gasteiger partial charge < -0.3 is 20.8 Å². The van der Waals surface area contributed by atoms with Crippen molar-refractivity contribution in [2.45, 2.75) is 31.2 Å². The first-order chi connectivity index (χ1) is 9.81. The lowest BCUT2D eigenvalue weighted by molar-refractivity contribution is 0.189. The third kappa shape index (κ3) is 2.68. The quantitative estimate of drug-likeness (QED) is 0.667. The van der Waals surface area contributed by atoms with Gasteiger partial charge in [-0.15, -0.1) is 0 Å². The van der Waals surface area contributed by atoms with E-state index in [1.165, 1.54) is 16.8 Å². The molecule has 2 aliphatic rings. The molecule has 1 unspecified atom stereocenters. The van der Waals surface area contributed by atoms with Gasteiger partial charge in [-0.05, 0) is 48.3 Å². The van der Waals surface area contributed by atoms with Crippen molar-refractivity contribution in [3.8, 4) is 0 Å². The lowest BCUT2D eigenvalue weighted by Gasteiger charge is -2.33. The van der Waals surface area contributed by atoms with Crippen LogP contribution in [0.3, 0.4) is 0 Å². The van der Waals surface area contributed by atoms with Crippen LogP contribution >= 0.6 is 0 Å². The lowest BCUT2D eigenvalue weighted by atomic mass is 9.81. The number of nitrogens with one attached hydrogen (secondary N) is 2. The molecule has 4 heteroatoms. The van der Waals surface area contributed by atoms with Crippen LogP contribution in [0.25, 0.3) is 0 Å². The van der Waals surface area contributed by atoms with Gasteiger partial charge in [0.2, 0.25) is 0 Å². The van der Waals surface area contributed by atoms with Crippen LogP contribution in [0.5, 0.6) is 0 Å². The largest absolute Gasteiger partial charge is 0.396 e. The monoisotopic (exact) mass is 276 g/mol. The van der Waals surface area contributed by atoms with Crippen LogP contribution in [0, 0.1) is 5.92 Å². The van der Waals surface area contributed by atoms with Crippen molar-refractivity contribution >= 4 is 5.69 Å². The second-order valence-corrected chi connectivity index (χ2v) is 6.08. The summed E-state index contributed by atoms with van der Waals surface area (Å²) in [6, 6.07) is 6.63. The average molecular weight is 276 g/mol. The molecular formula is C16H24N2O2. The molecule has 2 heterocycles. The summed E-state index contributed by atoms with van der Waals surface area (Å²) >= 11 is 0. The van der Waals surface area contributed by atoms with E-state index < -0.39 is 0 Å². The number of benzene rings is 1. The van der Waals surface area contributed by atoms with Gasteiger partial charge in [-0.2, -0.15) is 0 Å². The van der Waals surface area contributed by atoms with E-state index >= 15 is 0 Å². The Bertz CT molecular complexity index is 464. The topological polar surface area (TPSA) is 64.5 Å². The summed E-state index contributed by atoms with van der Waals surface area (Å²) in [5, 5.41) is 25.6. The Hall–Kier alpha value is -1.10. The molecule has 2 aliphatic heterocycles. The fraction of sp³-hybridized carbons (Fsp3) is 0.625. The van der Waals surface area contributed by atoms with Gasteiger partial charge in [-0.25, -0.2) is 0 Å². The minimum absolute atomic E-state index is 0.187. The van der Waals surface area contributed by atoms with E-state index in [4.69, 9.17) is 0 Å². The van der Waals surface area contributed by atoms with E-state index in [1.54, 1.807) is 0 Å². The van der Waals surface area contributed by atoms with Gasteiger partial charge in [0.1, 0.15) is 0 Å². The Balaban J connectivity index is 1.84. The zero-order valence-electron chi connectivity index (χ0n) is 11.8. The number of hydrogen-bond donors (Lipinski definition) is 4. The Morgan fingerprint density at radius 1 is 1.15 bits per heavy atom.